The SMILES string of the molecule is Cn1ncc2c(=O)n(-c3ccccc3)c(C=Cc3cccc(F)c3)nc21. The van der Waals surface area contributed by atoms with E-state index in [4.69, 9.17) is 0 Å². The van der Waals surface area contributed by atoms with Gasteiger partial charge in [-0.05, 0) is 35.9 Å². The summed E-state index contributed by atoms with van der Waals surface area (Å²) in [5.41, 5.74) is 1.69. The van der Waals surface area contributed by atoms with E-state index < -0.39 is 0 Å². The van der Waals surface area contributed by atoms with Crippen LogP contribution in [0.25, 0.3) is 28.9 Å². The van der Waals surface area contributed by atoms with Gasteiger partial charge in [0.25, 0.3) is 5.56 Å². The number of hydrogen-bond donors (Lipinski definition) is 0. The Morgan fingerprint density at radius 3 is 2.62 bits per heavy atom. The molecule has 0 amide bonds. The Kier molecular flexibility index (Phi) is 3.93. The van der Waals surface area contributed by atoms with Gasteiger partial charge in [-0.15, -0.1) is 0 Å². The van der Waals surface area contributed by atoms with E-state index in [-0.39, 0.29) is 11.4 Å². The molecule has 0 atom stereocenters. The summed E-state index contributed by atoms with van der Waals surface area (Å²) in [5, 5.41) is 4.57. The van der Waals surface area contributed by atoms with Crippen molar-refractivity contribution in [1.82, 2.24) is 19.3 Å². The number of benzene rings is 2. The second kappa shape index (κ2) is 6.40. The predicted molar refractivity (Wildman–Crippen MR) is 99.4 cm³/mol. The molecule has 26 heavy (non-hydrogen) atoms. The molecule has 2 aromatic carbocycles. The minimum Gasteiger partial charge on any atom is -0.268 e. The first-order valence-corrected chi connectivity index (χ1v) is 8.07. The van der Waals surface area contributed by atoms with Gasteiger partial charge in [-0.1, -0.05) is 36.4 Å². The third-order valence-electron chi connectivity index (χ3n) is 4.08. The molecule has 2 heterocycles. The average molecular weight is 346 g/mol. The lowest BCUT2D eigenvalue weighted by atomic mass is 10.2. The van der Waals surface area contributed by atoms with Crippen molar-refractivity contribution in [3.63, 3.8) is 0 Å². The van der Waals surface area contributed by atoms with Gasteiger partial charge in [-0.3, -0.25) is 14.0 Å². The fraction of sp³-hybridized carbons (Fsp3) is 0.0500. The van der Waals surface area contributed by atoms with E-state index in [1.54, 1.807) is 36.0 Å². The number of aromatic nitrogens is 4. The monoisotopic (exact) mass is 346 g/mol. The van der Waals surface area contributed by atoms with Crippen LogP contribution in [0.3, 0.4) is 0 Å². The highest BCUT2D eigenvalue weighted by molar-refractivity contribution is 5.77. The summed E-state index contributed by atoms with van der Waals surface area (Å²) in [7, 11) is 1.74. The average Bonchev–Trinajstić information content (AvgIpc) is 3.02. The van der Waals surface area contributed by atoms with Gasteiger partial charge < -0.3 is 0 Å². The van der Waals surface area contributed by atoms with Crippen LogP contribution in [0.15, 0.2) is 65.6 Å². The van der Waals surface area contributed by atoms with Crippen LogP contribution in [0, 0.1) is 5.82 Å². The number of halogens is 1. The molecule has 2 aromatic heterocycles. The summed E-state index contributed by atoms with van der Waals surface area (Å²) in [5.74, 6) is 0.129. The molecule has 0 saturated carbocycles. The third-order valence-corrected chi connectivity index (χ3v) is 4.08. The van der Waals surface area contributed by atoms with Gasteiger partial charge in [0.15, 0.2) is 5.65 Å². The van der Waals surface area contributed by atoms with Crippen LogP contribution in [-0.2, 0) is 7.05 Å². The quantitative estimate of drug-likeness (QED) is 0.571. The summed E-state index contributed by atoms with van der Waals surface area (Å²) in [6.45, 7) is 0. The molecule has 0 saturated heterocycles. The number of nitrogens with zero attached hydrogens (tertiary/aromatic N) is 4. The van der Waals surface area contributed by atoms with E-state index in [9.17, 15) is 9.18 Å². The van der Waals surface area contributed by atoms with Gasteiger partial charge in [-0.25, -0.2) is 9.37 Å². The lowest BCUT2D eigenvalue weighted by Gasteiger charge is -2.10. The normalized spacial score (nSPS) is 11.5. The summed E-state index contributed by atoms with van der Waals surface area (Å²) in [6, 6.07) is 15.5. The number of aryl methyl sites for hydroxylation is 1. The second-order valence-corrected chi connectivity index (χ2v) is 5.84. The summed E-state index contributed by atoms with van der Waals surface area (Å²) >= 11 is 0. The van der Waals surface area contributed by atoms with E-state index in [0.717, 1.165) is 0 Å². The van der Waals surface area contributed by atoms with Crippen molar-refractivity contribution in [2.45, 2.75) is 0 Å². The number of rotatable bonds is 3. The molecule has 5 nitrogen and oxygen atoms in total. The molecule has 0 radical (unpaired) electrons. The van der Waals surface area contributed by atoms with Crippen molar-refractivity contribution in [3.8, 4) is 5.69 Å². The van der Waals surface area contributed by atoms with Crippen molar-refractivity contribution in [3.05, 3.63) is 88.4 Å². The number of para-hydroxylation sites is 1. The molecule has 4 aromatic rings. The van der Waals surface area contributed by atoms with Crippen LogP contribution in [0.1, 0.15) is 11.4 Å². The Morgan fingerprint density at radius 2 is 1.85 bits per heavy atom. The molecular formula is C20H15FN4O. The zero-order chi connectivity index (χ0) is 18.1. The van der Waals surface area contributed by atoms with Crippen LogP contribution in [0.4, 0.5) is 4.39 Å². The van der Waals surface area contributed by atoms with Crippen LogP contribution in [-0.4, -0.2) is 19.3 Å². The van der Waals surface area contributed by atoms with Gasteiger partial charge in [0.2, 0.25) is 0 Å². The molecule has 0 aliphatic rings. The fourth-order valence-electron chi connectivity index (χ4n) is 2.82. The zero-order valence-corrected chi connectivity index (χ0v) is 14.0. The smallest absolute Gasteiger partial charge is 0.268 e. The number of fused-ring (bicyclic) bond motifs is 1. The second-order valence-electron chi connectivity index (χ2n) is 5.84. The molecule has 0 spiro atoms. The molecular weight excluding hydrogens is 331 g/mol. The highest BCUT2D eigenvalue weighted by Gasteiger charge is 2.13. The van der Waals surface area contributed by atoms with E-state index in [0.29, 0.717) is 28.1 Å². The molecule has 6 heteroatoms. The summed E-state index contributed by atoms with van der Waals surface area (Å²) in [4.78, 5) is 17.6. The Balaban J connectivity index is 1.94. The molecule has 0 aliphatic carbocycles. The van der Waals surface area contributed by atoms with E-state index in [2.05, 4.69) is 10.1 Å². The molecule has 0 bridgehead atoms. The molecule has 0 aliphatic heterocycles. The first-order chi connectivity index (χ1) is 12.6. The summed E-state index contributed by atoms with van der Waals surface area (Å²) in [6.07, 6.45) is 4.95. The minimum atomic E-state index is -0.317. The molecule has 0 unspecified atom stereocenters. The zero-order valence-electron chi connectivity index (χ0n) is 14.0. The first kappa shape index (κ1) is 16.0. The maximum absolute atomic E-state index is 13.4. The van der Waals surface area contributed by atoms with E-state index in [1.165, 1.54) is 22.9 Å². The topological polar surface area (TPSA) is 52.7 Å². The highest BCUT2D eigenvalue weighted by Crippen LogP contribution is 2.15. The van der Waals surface area contributed by atoms with Gasteiger partial charge >= 0.3 is 0 Å². The molecule has 0 N–H and O–H groups in total. The molecule has 0 fully saturated rings. The standard InChI is InChI=1S/C20H15FN4O/c1-24-19-17(13-22-24)20(26)25(16-8-3-2-4-9-16)18(23-19)11-10-14-6-5-7-15(21)12-14/h2-13H,1H3. The first-order valence-electron chi connectivity index (χ1n) is 8.07. The largest absolute Gasteiger partial charge is 0.269 e. The van der Waals surface area contributed by atoms with Crippen molar-refractivity contribution < 1.29 is 4.39 Å². The van der Waals surface area contributed by atoms with Crippen molar-refractivity contribution in [1.29, 1.82) is 0 Å². The van der Waals surface area contributed by atoms with E-state index in [1.807, 2.05) is 30.3 Å². The minimum absolute atomic E-state index is 0.201. The van der Waals surface area contributed by atoms with Gasteiger partial charge in [0, 0.05) is 7.05 Å². The predicted octanol–water partition coefficient (Wildman–Crippen LogP) is 3.43. The lowest BCUT2D eigenvalue weighted by molar-refractivity contribution is 0.627. The lowest BCUT2D eigenvalue weighted by Crippen LogP contribution is -2.22. The van der Waals surface area contributed by atoms with Gasteiger partial charge in [0.1, 0.15) is 17.0 Å². The summed E-state index contributed by atoms with van der Waals surface area (Å²) < 4.78 is 16.5. The molecule has 128 valence electrons. The van der Waals surface area contributed by atoms with Gasteiger partial charge in [0.05, 0.1) is 11.9 Å². The maximum Gasteiger partial charge on any atom is 0.269 e. The Hall–Kier alpha value is -3.54. The van der Waals surface area contributed by atoms with Crippen LogP contribution in [0.2, 0.25) is 0 Å². The maximum atomic E-state index is 13.4. The van der Waals surface area contributed by atoms with Crippen molar-refractivity contribution in [2.75, 3.05) is 0 Å². The van der Waals surface area contributed by atoms with Crippen LogP contribution >= 0.6 is 0 Å². The van der Waals surface area contributed by atoms with E-state index >= 15 is 0 Å². The van der Waals surface area contributed by atoms with Crippen LogP contribution in [0.5, 0.6) is 0 Å². The Labute approximate surface area is 148 Å². The molecule has 4 rings (SSSR count). The number of hydrogen-bond acceptors (Lipinski definition) is 3. The van der Waals surface area contributed by atoms with Crippen molar-refractivity contribution in [2.24, 2.45) is 7.05 Å². The Bertz CT molecular complexity index is 1180. The fourth-order valence-corrected chi connectivity index (χ4v) is 2.82. The Morgan fingerprint density at radius 1 is 1.04 bits per heavy atom. The highest BCUT2D eigenvalue weighted by atomic mass is 19.1. The van der Waals surface area contributed by atoms with Crippen molar-refractivity contribution >= 4 is 23.2 Å². The third kappa shape index (κ3) is 2.82. The van der Waals surface area contributed by atoms with Crippen LogP contribution < -0.4 is 5.56 Å². The van der Waals surface area contributed by atoms with Gasteiger partial charge in [-0.2, -0.15) is 5.10 Å².